The van der Waals surface area contributed by atoms with Crippen LogP contribution in [-0.2, 0) is 16.6 Å². The molecule has 0 saturated heterocycles. The van der Waals surface area contributed by atoms with E-state index in [0.29, 0.717) is 17.1 Å². The maximum atomic E-state index is 12.7. The molecule has 0 aliphatic carbocycles. The average Bonchev–Trinajstić information content (AvgIpc) is 3.12. The molecular weight excluding hydrogens is 374 g/mol. The van der Waals surface area contributed by atoms with Crippen LogP contribution in [0.5, 0.6) is 5.75 Å². The van der Waals surface area contributed by atoms with Crippen LogP contribution in [0.25, 0.3) is 16.9 Å². The molecule has 2 aromatic carbocycles. The summed E-state index contributed by atoms with van der Waals surface area (Å²) in [4.78, 5) is 4.95. The van der Waals surface area contributed by atoms with Crippen LogP contribution in [0.1, 0.15) is 5.69 Å². The number of sulfonamides is 1. The molecule has 0 amide bonds. The highest BCUT2D eigenvalue weighted by Gasteiger charge is 2.19. The molecule has 142 valence electrons. The summed E-state index contributed by atoms with van der Waals surface area (Å²) in [5.74, 6) is 0.622. The Balaban J connectivity index is 1.79. The Morgan fingerprint density at radius 2 is 1.64 bits per heavy atom. The van der Waals surface area contributed by atoms with E-state index in [1.54, 1.807) is 37.4 Å². The first-order chi connectivity index (χ1) is 13.6. The van der Waals surface area contributed by atoms with Crippen LogP contribution >= 0.6 is 0 Å². The van der Waals surface area contributed by atoms with Crippen LogP contribution in [0.4, 0.5) is 0 Å². The predicted octanol–water partition coefficient (Wildman–Crippen LogP) is 3.49. The number of aromatic nitrogens is 2. The molecule has 2 aromatic heterocycles. The van der Waals surface area contributed by atoms with E-state index in [2.05, 4.69) is 4.72 Å². The minimum absolute atomic E-state index is 0.0930. The third kappa shape index (κ3) is 3.37. The van der Waals surface area contributed by atoms with Gasteiger partial charge in [-0.2, -0.15) is 0 Å². The lowest BCUT2D eigenvalue weighted by atomic mass is 10.1. The van der Waals surface area contributed by atoms with Gasteiger partial charge in [-0.1, -0.05) is 48.5 Å². The number of rotatable bonds is 6. The summed E-state index contributed by atoms with van der Waals surface area (Å²) in [6.45, 7) is 0.0930. The monoisotopic (exact) mass is 393 g/mol. The molecule has 7 heteroatoms. The highest BCUT2D eigenvalue weighted by atomic mass is 32.2. The van der Waals surface area contributed by atoms with Gasteiger partial charge in [0, 0.05) is 11.8 Å². The number of pyridine rings is 1. The summed E-state index contributed by atoms with van der Waals surface area (Å²) in [5, 5.41) is 0. The summed E-state index contributed by atoms with van der Waals surface area (Å²) in [6, 6.07) is 21.7. The van der Waals surface area contributed by atoms with Gasteiger partial charge in [0.25, 0.3) is 0 Å². The zero-order chi connectivity index (χ0) is 19.6. The van der Waals surface area contributed by atoms with E-state index in [1.807, 2.05) is 53.1 Å². The van der Waals surface area contributed by atoms with Crippen LogP contribution in [0, 0.1) is 0 Å². The molecule has 28 heavy (non-hydrogen) atoms. The highest BCUT2D eigenvalue weighted by molar-refractivity contribution is 7.89. The van der Waals surface area contributed by atoms with Gasteiger partial charge < -0.3 is 4.74 Å². The fraction of sp³-hybridized carbons (Fsp3) is 0.0952. The van der Waals surface area contributed by atoms with E-state index in [9.17, 15) is 8.42 Å². The molecular formula is C21H19N3O3S. The number of ether oxygens (including phenoxy) is 1. The van der Waals surface area contributed by atoms with Crippen molar-refractivity contribution in [1.29, 1.82) is 0 Å². The van der Waals surface area contributed by atoms with Gasteiger partial charge in [0.2, 0.25) is 10.0 Å². The van der Waals surface area contributed by atoms with Crippen molar-refractivity contribution in [3.8, 4) is 17.0 Å². The molecule has 0 aliphatic rings. The van der Waals surface area contributed by atoms with Crippen molar-refractivity contribution in [1.82, 2.24) is 14.1 Å². The Kier molecular flexibility index (Phi) is 4.85. The number of imidazole rings is 1. The topological polar surface area (TPSA) is 72.7 Å². The third-order valence-corrected chi connectivity index (χ3v) is 5.88. The number of nitrogens with one attached hydrogen (secondary N) is 1. The van der Waals surface area contributed by atoms with E-state index in [4.69, 9.17) is 9.72 Å². The lowest BCUT2D eigenvalue weighted by Crippen LogP contribution is -2.24. The van der Waals surface area contributed by atoms with Gasteiger partial charge >= 0.3 is 0 Å². The SMILES string of the molecule is COc1cccn2c(CNS(=O)(=O)c3ccccc3)c(-c3ccccc3)nc12. The van der Waals surface area contributed by atoms with Crippen LogP contribution < -0.4 is 9.46 Å². The van der Waals surface area contributed by atoms with Crippen molar-refractivity contribution in [2.45, 2.75) is 11.4 Å². The first kappa shape index (κ1) is 18.2. The van der Waals surface area contributed by atoms with Gasteiger partial charge in [-0.3, -0.25) is 4.40 Å². The van der Waals surface area contributed by atoms with Gasteiger partial charge in [-0.15, -0.1) is 0 Å². The quantitative estimate of drug-likeness (QED) is 0.544. The zero-order valence-electron chi connectivity index (χ0n) is 15.2. The maximum Gasteiger partial charge on any atom is 0.240 e. The largest absolute Gasteiger partial charge is 0.493 e. The van der Waals surface area contributed by atoms with Gasteiger partial charge in [0.15, 0.2) is 11.4 Å². The lowest BCUT2D eigenvalue weighted by Gasteiger charge is -2.09. The fourth-order valence-electron chi connectivity index (χ4n) is 3.09. The number of fused-ring (bicyclic) bond motifs is 1. The summed E-state index contributed by atoms with van der Waals surface area (Å²) in [6.07, 6.45) is 1.85. The molecule has 0 fully saturated rings. The van der Waals surface area contributed by atoms with Gasteiger partial charge in [-0.05, 0) is 24.3 Å². The molecule has 0 spiro atoms. The highest BCUT2D eigenvalue weighted by Crippen LogP contribution is 2.28. The van der Waals surface area contributed by atoms with Crippen molar-refractivity contribution >= 4 is 15.7 Å². The van der Waals surface area contributed by atoms with Crippen LogP contribution in [0.2, 0.25) is 0 Å². The minimum atomic E-state index is -3.64. The van der Waals surface area contributed by atoms with Crippen molar-refractivity contribution < 1.29 is 13.2 Å². The second-order valence-electron chi connectivity index (χ2n) is 6.18. The second-order valence-corrected chi connectivity index (χ2v) is 7.95. The van der Waals surface area contributed by atoms with Crippen molar-refractivity contribution in [3.05, 3.63) is 84.7 Å². The number of hydrogen-bond acceptors (Lipinski definition) is 4. The number of benzene rings is 2. The molecule has 0 radical (unpaired) electrons. The minimum Gasteiger partial charge on any atom is -0.493 e. The fourth-order valence-corrected chi connectivity index (χ4v) is 4.10. The van der Waals surface area contributed by atoms with E-state index >= 15 is 0 Å². The molecule has 6 nitrogen and oxygen atoms in total. The van der Waals surface area contributed by atoms with Crippen molar-refractivity contribution in [3.63, 3.8) is 0 Å². The second kappa shape index (κ2) is 7.46. The van der Waals surface area contributed by atoms with E-state index in [0.717, 1.165) is 11.3 Å². The molecule has 0 unspecified atom stereocenters. The standard InChI is InChI=1S/C21H19N3O3S/c1-27-19-13-8-14-24-18(15-22-28(25,26)17-11-6-3-7-12-17)20(23-21(19)24)16-9-4-2-5-10-16/h2-14,22H,15H2,1H3. The Hall–Kier alpha value is -3.16. The predicted molar refractivity (Wildman–Crippen MR) is 108 cm³/mol. The summed E-state index contributed by atoms with van der Waals surface area (Å²) in [7, 11) is -2.05. The molecule has 0 atom stereocenters. The molecule has 4 rings (SSSR count). The summed E-state index contributed by atoms with van der Waals surface area (Å²) in [5.41, 5.74) is 2.99. The van der Waals surface area contributed by atoms with E-state index in [1.165, 1.54) is 0 Å². The molecule has 0 bridgehead atoms. The Labute approximate surface area is 163 Å². The molecule has 2 heterocycles. The summed E-state index contributed by atoms with van der Waals surface area (Å²) < 4.78 is 35.3. The number of nitrogens with zero attached hydrogens (tertiary/aromatic N) is 2. The summed E-state index contributed by atoms with van der Waals surface area (Å²) >= 11 is 0. The Bertz CT molecular complexity index is 1200. The first-order valence-electron chi connectivity index (χ1n) is 8.74. The number of hydrogen-bond donors (Lipinski definition) is 1. The first-order valence-corrected chi connectivity index (χ1v) is 10.2. The van der Waals surface area contributed by atoms with Crippen LogP contribution in [-0.4, -0.2) is 24.9 Å². The molecule has 1 N–H and O–H groups in total. The van der Waals surface area contributed by atoms with Gasteiger partial charge in [-0.25, -0.2) is 18.1 Å². The van der Waals surface area contributed by atoms with Crippen molar-refractivity contribution in [2.75, 3.05) is 7.11 Å². The van der Waals surface area contributed by atoms with Crippen molar-refractivity contribution in [2.24, 2.45) is 0 Å². The van der Waals surface area contributed by atoms with Gasteiger partial charge in [0.05, 0.1) is 29.9 Å². The molecule has 0 saturated carbocycles. The van der Waals surface area contributed by atoms with E-state index in [-0.39, 0.29) is 11.4 Å². The third-order valence-electron chi connectivity index (χ3n) is 4.46. The zero-order valence-corrected chi connectivity index (χ0v) is 16.1. The maximum absolute atomic E-state index is 12.7. The molecule has 4 aromatic rings. The smallest absolute Gasteiger partial charge is 0.240 e. The Morgan fingerprint density at radius 3 is 2.32 bits per heavy atom. The Morgan fingerprint density at radius 1 is 0.964 bits per heavy atom. The average molecular weight is 393 g/mol. The van der Waals surface area contributed by atoms with Gasteiger partial charge in [0.1, 0.15) is 0 Å². The lowest BCUT2D eigenvalue weighted by molar-refractivity contribution is 0.417. The van der Waals surface area contributed by atoms with Crippen LogP contribution in [0.3, 0.4) is 0 Å². The normalized spacial score (nSPS) is 11.6. The van der Waals surface area contributed by atoms with Crippen LogP contribution in [0.15, 0.2) is 83.9 Å². The number of methoxy groups -OCH3 is 1. The van der Waals surface area contributed by atoms with E-state index < -0.39 is 10.0 Å². The molecule has 0 aliphatic heterocycles.